The molecule has 1 saturated heterocycles. The fourth-order valence-electron chi connectivity index (χ4n) is 3.19. The number of piperidine rings is 1. The van der Waals surface area contributed by atoms with Gasteiger partial charge in [-0.3, -0.25) is 9.59 Å². The first-order valence-corrected chi connectivity index (χ1v) is 8.55. The van der Waals surface area contributed by atoms with Crippen molar-refractivity contribution in [3.8, 4) is 0 Å². The van der Waals surface area contributed by atoms with E-state index in [-0.39, 0.29) is 17.9 Å². The first kappa shape index (κ1) is 17.2. The van der Waals surface area contributed by atoms with Crippen LogP contribution in [0.5, 0.6) is 0 Å². The number of nitrogens with zero attached hydrogens (tertiary/aromatic N) is 2. The third kappa shape index (κ3) is 3.73. The van der Waals surface area contributed by atoms with Gasteiger partial charge in [0.25, 0.3) is 11.8 Å². The quantitative estimate of drug-likeness (QED) is 0.931. The Morgan fingerprint density at radius 3 is 2.44 bits per heavy atom. The van der Waals surface area contributed by atoms with Crippen LogP contribution in [0, 0.1) is 20.8 Å². The Labute approximate surface area is 147 Å². The van der Waals surface area contributed by atoms with E-state index in [1.165, 1.54) is 0 Å². The number of likely N-dealkylation sites (tertiary alicyclic amines) is 1. The molecule has 0 aliphatic carbocycles. The van der Waals surface area contributed by atoms with Crippen LogP contribution in [0.4, 0.5) is 0 Å². The van der Waals surface area contributed by atoms with Crippen LogP contribution in [0.2, 0.25) is 0 Å². The van der Waals surface area contributed by atoms with Gasteiger partial charge in [-0.1, -0.05) is 18.2 Å². The maximum Gasteiger partial charge on any atom is 0.291 e. The summed E-state index contributed by atoms with van der Waals surface area (Å²) in [6, 6.07) is 7.62. The zero-order valence-corrected chi connectivity index (χ0v) is 14.8. The standard InChI is InChI=1S/C19H23N3O3/c1-12-6-4-5-7-16(12)18(23)21-15-8-10-22(11-9-15)19(24)17-13(2)20-14(3)25-17/h4-7,15H,8-11H2,1-3H3,(H,21,23). The number of carbonyl (C=O) groups excluding carboxylic acids is 2. The van der Waals surface area contributed by atoms with E-state index in [0.717, 1.165) is 18.4 Å². The summed E-state index contributed by atoms with van der Waals surface area (Å²) in [5, 5.41) is 3.08. The van der Waals surface area contributed by atoms with Gasteiger partial charge in [0.15, 0.2) is 5.89 Å². The van der Waals surface area contributed by atoms with Gasteiger partial charge >= 0.3 is 0 Å². The first-order valence-electron chi connectivity index (χ1n) is 8.55. The number of aromatic nitrogens is 1. The third-order valence-corrected chi connectivity index (χ3v) is 4.60. The summed E-state index contributed by atoms with van der Waals surface area (Å²) in [7, 11) is 0. The molecule has 3 rings (SSSR count). The van der Waals surface area contributed by atoms with Crippen molar-refractivity contribution in [1.29, 1.82) is 0 Å². The summed E-state index contributed by atoms with van der Waals surface area (Å²) in [6.07, 6.45) is 1.46. The van der Waals surface area contributed by atoms with Gasteiger partial charge in [-0.25, -0.2) is 4.98 Å². The lowest BCUT2D eigenvalue weighted by atomic mass is 10.0. The lowest BCUT2D eigenvalue weighted by molar-refractivity contribution is 0.0665. The maximum absolute atomic E-state index is 12.5. The van der Waals surface area contributed by atoms with Gasteiger partial charge in [-0.2, -0.15) is 0 Å². The average molecular weight is 341 g/mol. The van der Waals surface area contributed by atoms with Crippen LogP contribution in [0.15, 0.2) is 28.7 Å². The van der Waals surface area contributed by atoms with Crippen LogP contribution in [0.25, 0.3) is 0 Å². The molecule has 2 amide bonds. The summed E-state index contributed by atoms with van der Waals surface area (Å²) in [5.74, 6) is 0.646. The lowest BCUT2D eigenvalue weighted by Crippen LogP contribution is -2.46. The number of nitrogens with one attached hydrogen (secondary N) is 1. The summed E-state index contributed by atoms with van der Waals surface area (Å²) in [5.41, 5.74) is 2.29. The zero-order valence-electron chi connectivity index (χ0n) is 14.8. The summed E-state index contributed by atoms with van der Waals surface area (Å²) in [4.78, 5) is 30.9. The topological polar surface area (TPSA) is 75.4 Å². The van der Waals surface area contributed by atoms with E-state index in [1.807, 2.05) is 31.2 Å². The minimum Gasteiger partial charge on any atom is -0.436 e. The fraction of sp³-hybridized carbons (Fsp3) is 0.421. The SMILES string of the molecule is Cc1nc(C)c(C(=O)N2CCC(NC(=O)c3ccccc3C)CC2)o1. The smallest absolute Gasteiger partial charge is 0.291 e. The van der Waals surface area contributed by atoms with Crippen molar-refractivity contribution in [3.05, 3.63) is 52.7 Å². The number of hydrogen-bond acceptors (Lipinski definition) is 4. The van der Waals surface area contributed by atoms with E-state index in [2.05, 4.69) is 10.3 Å². The molecule has 1 aromatic heterocycles. The Bertz CT molecular complexity index is 789. The van der Waals surface area contributed by atoms with Crippen LogP contribution >= 0.6 is 0 Å². The Kier molecular flexibility index (Phi) is 4.88. The van der Waals surface area contributed by atoms with Crippen LogP contribution in [-0.4, -0.2) is 40.8 Å². The van der Waals surface area contributed by atoms with Crippen LogP contribution in [-0.2, 0) is 0 Å². The summed E-state index contributed by atoms with van der Waals surface area (Å²) >= 11 is 0. The van der Waals surface area contributed by atoms with Gasteiger partial charge in [0.2, 0.25) is 5.76 Å². The molecule has 0 radical (unpaired) electrons. The van der Waals surface area contributed by atoms with Crippen molar-refractivity contribution in [3.63, 3.8) is 0 Å². The second kappa shape index (κ2) is 7.09. The van der Waals surface area contributed by atoms with E-state index in [0.29, 0.717) is 36.0 Å². The Morgan fingerprint density at radius 1 is 1.16 bits per heavy atom. The number of amides is 2. The molecule has 0 unspecified atom stereocenters. The normalized spacial score (nSPS) is 15.2. The number of rotatable bonds is 3. The van der Waals surface area contributed by atoms with E-state index >= 15 is 0 Å². The molecular weight excluding hydrogens is 318 g/mol. The van der Waals surface area contributed by atoms with Gasteiger partial charge in [-0.05, 0) is 38.3 Å². The predicted molar refractivity (Wildman–Crippen MR) is 93.5 cm³/mol. The molecule has 6 nitrogen and oxygen atoms in total. The highest BCUT2D eigenvalue weighted by Crippen LogP contribution is 2.18. The predicted octanol–water partition coefficient (Wildman–Crippen LogP) is 2.63. The first-order chi connectivity index (χ1) is 12.0. The van der Waals surface area contributed by atoms with Crippen molar-refractivity contribution in [2.45, 2.75) is 39.7 Å². The molecule has 0 spiro atoms. The summed E-state index contributed by atoms with van der Waals surface area (Å²) in [6.45, 7) is 6.63. The fourth-order valence-corrected chi connectivity index (χ4v) is 3.19. The molecule has 1 fully saturated rings. The van der Waals surface area contributed by atoms with Gasteiger partial charge in [0.05, 0.1) is 5.69 Å². The lowest BCUT2D eigenvalue weighted by Gasteiger charge is -2.32. The van der Waals surface area contributed by atoms with Gasteiger partial charge in [0.1, 0.15) is 0 Å². The Balaban J connectivity index is 1.57. The summed E-state index contributed by atoms with van der Waals surface area (Å²) < 4.78 is 5.42. The van der Waals surface area contributed by atoms with E-state index in [9.17, 15) is 9.59 Å². The number of benzene rings is 1. The molecule has 1 aliphatic rings. The van der Waals surface area contributed by atoms with E-state index < -0.39 is 0 Å². The molecule has 2 aromatic rings. The van der Waals surface area contributed by atoms with Crippen LogP contribution < -0.4 is 5.32 Å². The number of oxazole rings is 1. The minimum absolute atomic E-state index is 0.0513. The molecule has 0 saturated carbocycles. The number of hydrogen-bond donors (Lipinski definition) is 1. The van der Waals surface area contributed by atoms with Gasteiger partial charge in [0, 0.05) is 31.6 Å². The van der Waals surface area contributed by atoms with Gasteiger partial charge in [-0.15, -0.1) is 0 Å². The van der Waals surface area contributed by atoms with Crippen molar-refractivity contribution in [2.24, 2.45) is 0 Å². The maximum atomic E-state index is 12.5. The molecule has 1 aliphatic heterocycles. The molecule has 2 heterocycles. The molecular formula is C19H23N3O3. The third-order valence-electron chi connectivity index (χ3n) is 4.60. The molecule has 25 heavy (non-hydrogen) atoms. The molecule has 0 bridgehead atoms. The largest absolute Gasteiger partial charge is 0.436 e. The van der Waals surface area contributed by atoms with Gasteiger partial charge < -0.3 is 14.6 Å². The van der Waals surface area contributed by atoms with E-state index in [1.54, 1.807) is 18.7 Å². The Morgan fingerprint density at radius 2 is 1.84 bits per heavy atom. The van der Waals surface area contributed by atoms with E-state index in [4.69, 9.17) is 4.42 Å². The minimum atomic E-state index is -0.123. The van der Waals surface area contributed by atoms with Crippen molar-refractivity contribution in [1.82, 2.24) is 15.2 Å². The highest BCUT2D eigenvalue weighted by Gasteiger charge is 2.28. The Hall–Kier alpha value is -2.63. The number of carbonyl (C=O) groups is 2. The average Bonchev–Trinajstić information content (AvgIpc) is 2.93. The highest BCUT2D eigenvalue weighted by molar-refractivity contribution is 5.96. The molecule has 1 N–H and O–H groups in total. The zero-order chi connectivity index (χ0) is 18.0. The molecule has 6 heteroatoms. The van der Waals surface area contributed by atoms with Crippen molar-refractivity contribution >= 4 is 11.8 Å². The van der Waals surface area contributed by atoms with Crippen molar-refractivity contribution in [2.75, 3.05) is 13.1 Å². The molecule has 0 atom stereocenters. The second-order valence-electron chi connectivity index (χ2n) is 6.50. The molecule has 132 valence electrons. The van der Waals surface area contributed by atoms with Crippen LogP contribution in [0.1, 0.15) is 50.9 Å². The van der Waals surface area contributed by atoms with Crippen molar-refractivity contribution < 1.29 is 14.0 Å². The molecule has 1 aromatic carbocycles. The second-order valence-corrected chi connectivity index (χ2v) is 6.50. The van der Waals surface area contributed by atoms with Crippen LogP contribution in [0.3, 0.4) is 0 Å². The number of aryl methyl sites for hydroxylation is 3. The highest BCUT2D eigenvalue weighted by atomic mass is 16.4. The monoisotopic (exact) mass is 341 g/mol.